The summed E-state index contributed by atoms with van der Waals surface area (Å²) in [5, 5.41) is 13.8. The number of methoxy groups -OCH3 is 1. The molecule has 0 bridgehead atoms. The number of amides is 2. The lowest BCUT2D eigenvalue weighted by atomic mass is 9.87. The molecule has 4 rings (SSSR count). The second-order valence-corrected chi connectivity index (χ2v) is 13.1. The number of para-hydroxylation sites is 2. The van der Waals surface area contributed by atoms with E-state index in [1.54, 1.807) is 54.6 Å². The third-order valence-corrected chi connectivity index (χ3v) is 8.12. The standard InChI is InChI=1S/C34H36N4O10S/c1-34(2,3)23-12-14-24(15-13-23)49(43,44)38-25-19-22(32(41)36-21-30(39)40)20-28(31(25)48-27-10-6-5-9-26(27)45-4)46-17-18-47-33(42)37-29-11-7-8-16-35-29/h5-16,19-20,38H,17-18,21H2,1-4H3,(H,36,41)(H,39,40)(H,35,37,42). The molecule has 0 spiro atoms. The molecule has 0 saturated heterocycles. The number of pyridine rings is 1. The number of nitrogens with one attached hydrogen (secondary N) is 3. The lowest BCUT2D eigenvalue weighted by Crippen LogP contribution is -2.29. The summed E-state index contributed by atoms with van der Waals surface area (Å²) in [6.45, 7) is 4.75. The van der Waals surface area contributed by atoms with Crippen molar-refractivity contribution in [2.75, 3.05) is 36.9 Å². The Hall–Kier alpha value is -5.83. The van der Waals surface area contributed by atoms with E-state index in [1.165, 1.54) is 37.6 Å². The Morgan fingerprint density at radius 2 is 1.57 bits per heavy atom. The van der Waals surface area contributed by atoms with Crippen molar-refractivity contribution in [2.45, 2.75) is 31.1 Å². The maximum Gasteiger partial charge on any atom is 0.412 e. The molecule has 15 heteroatoms. The summed E-state index contributed by atoms with van der Waals surface area (Å²) < 4.78 is 52.5. The van der Waals surface area contributed by atoms with Crippen molar-refractivity contribution in [3.63, 3.8) is 0 Å². The number of hydrogen-bond donors (Lipinski definition) is 4. The molecule has 0 fully saturated rings. The molecule has 0 radical (unpaired) electrons. The number of anilines is 2. The fourth-order valence-electron chi connectivity index (χ4n) is 4.29. The molecule has 0 aliphatic rings. The summed E-state index contributed by atoms with van der Waals surface area (Å²) in [4.78, 5) is 40.3. The molecule has 3 aromatic carbocycles. The Balaban J connectivity index is 1.72. The van der Waals surface area contributed by atoms with Gasteiger partial charge in [0.25, 0.3) is 15.9 Å². The third kappa shape index (κ3) is 10.1. The van der Waals surface area contributed by atoms with Crippen LogP contribution >= 0.6 is 0 Å². The first-order chi connectivity index (χ1) is 23.3. The zero-order valence-corrected chi connectivity index (χ0v) is 28.0. The van der Waals surface area contributed by atoms with Gasteiger partial charge in [0.15, 0.2) is 23.0 Å². The maximum absolute atomic E-state index is 13.7. The van der Waals surface area contributed by atoms with Crippen LogP contribution in [0.15, 0.2) is 90.0 Å². The van der Waals surface area contributed by atoms with E-state index in [0.29, 0.717) is 5.75 Å². The van der Waals surface area contributed by atoms with Gasteiger partial charge in [-0.15, -0.1) is 0 Å². The van der Waals surface area contributed by atoms with Gasteiger partial charge in [-0.2, -0.15) is 0 Å². The first-order valence-electron chi connectivity index (χ1n) is 14.9. The van der Waals surface area contributed by atoms with Crippen LogP contribution in [0.3, 0.4) is 0 Å². The van der Waals surface area contributed by atoms with Gasteiger partial charge in [-0.3, -0.25) is 19.6 Å². The normalized spacial score (nSPS) is 11.2. The van der Waals surface area contributed by atoms with Crippen LogP contribution in [0.4, 0.5) is 16.3 Å². The number of benzene rings is 3. The summed E-state index contributed by atoms with van der Waals surface area (Å²) in [6.07, 6.45) is 0.689. The van der Waals surface area contributed by atoms with Crippen molar-refractivity contribution in [1.29, 1.82) is 0 Å². The fraction of sp³-hybridized carbons (Fsp3) is 0.235. The highest BCUT2D eigenvalue weighted by molar-refractivity contribution is 7.92. The number of ether oxygens (including phenoxy) is 4. The average Bonchev–Trinajstić information content (AvgIpc) is 3.06. The molecular formula is C34H36N4O10S. The minimum atomic E-state index is -4.28. The molecule has 0 saturated carbocycles. The summed E-state index contributed by atoms with van der Waals surface area (Å²) in [5.74, 6) is -1.67. The number of aliphatic carboxylic acids is 1. The summed E-state index contributed by atoms with van der Waals surface area (Å²) in [5.41, 5.74) is 0.323. The second-order valence-electron chi connectivity index (χ2n) is 11.4. The molecule has 0 aliphatic heterocycles. The first-order valence-corrected chi connectivity index (χ1v) is 16.3. The Kier molecular flexibility index (Phi) is 11.6. The van der Waals surface area contributed by atoms with Crippen LogP contribution in [0.25, 0.3) is 0 Å². The van der Waals surface area contributed by atoms with Crippen LogP contribution in [0, 0.1) is 0 Å². The van der Waals surface area contributed by atoms with Crippen molar-refractivity contribution in [3.8, 4) is 23.0 Å². The van der Waals surface area contributed by atoms with Crippen LogP contribution in [0.1, 0.15) is 36.7 Å². The van der Waals surface area contributed by atoms with E-state index >= 15 is 0 Å². The molecule has 4 N–H and O–H groups in total. The highest BCUT2D eigenvalue weighted by Gasteiger charge is 2.25. The monoisotopic (exact) mass is 692 g/mol. The molecule has 258 valence electrons. The highest BCUT2D eigenvalue weighted by atomic mass is 32.2. The minimum Gasteiger partial charge on any atom is -0.493 e. The van der Waals surface area contributed by atoms with Crippen molar-refractivity contribution in [1.82, 2.24) is 10.3 Å². The molecule has 0 atom stereocenters. The summed E-state index contributed by atoms with van der Waals surface area (Å²) in [6, 6.07) is 20.3. The van der Waals surface area contributed by atoms with Crippen LogP contribution in [-0.4, -0.2) is 63.3 Å². The number of carboxylic acids is 1. The fourth-order valence-corrected chi connectivity index (χ4v) is 5.35. The SMILES string of the molecule is COc1ccccc1Oc1c(NS(=O)(=O)c2ccc(C(C)(C)C)cc2)cc(C(=O)NCC(=O)O)cc1OCCOC(=O)Nc1ccccn1. The molecule has 0 unspecified atom stereocenters. The molecule has 14 nitrogen and oxygen atoms in total. The predicted molar refractivity (Wildman–Crippen MR) is 180 cm³/mol. The Morgan fingerprint density at radius 1 is 0.878 bits per heavy atom. The van der Waals surface area contributed by atoms with E-state index in [4.69, 9.17) is 24.1 Å². The van der Waals surface area contributed by atoms with Crippen molar-refractivity contribution in [2.24, 2.45) is 0 Å². The van der Waals surface area contributed by atoms with Crippen molar-refractivity contribution >= 4 is 39.5 Å². The van der Waals surface area contributed by atoms with Crippen LogP contribution in [0.5, 0.6) is 23.0 Å². The number of hydrogen-bond acceptors (Lipinski definition) is 10. The molecule has 49 heavy (non-hydrogen) atoms. The van der Waals surface area contributed by atoms with E-state index in [-0.39, 0.29) is 57.8 Å². The largest absolute Gasteiger partial charge is 0.493 e. The van der Waals surface area contributed by atoms with E-state index < -0.39 is 34.5 Å². The number of carbonyl (C=O) groups is 3. The topological polar surface area (TPSA) is 191 Å². The van der Waals surface area contributed by atoms with Gasteiger partial charge in [0.1, 0.15) is 25.6 Å². The lowest BCUT2D eigenvalue weighted by molar-refractivity contribution is -0.135. The molecule has 4 aromatic rings. The van der Waals surface area contributed by atoms with Crippen molar-refractivity contribution in [3.05, 3.63) is 96.2 Å². The maximum atomic E-state index is 13.7. The number of carbonyl (C=O) groups excluding carboxylic acids is 2. The quantitative estimate of drug-likeness (QED) is 0.123. The molecule has 1 heterocycles. The minimum absolute atomic E-state index is 0.0701. The number of rotatable bonds is 14. The lowest BCUT2D eigenvalue weighted by Gasteiger charge is -2.21. The van der Waals surface area contributed by atoms with Gasteiger partial charge in [-0.05, 0) is 59.5 Å². The van der Waals surface area contributed by atoms with Gasteiger partial charge in [-0.25, -0.2) is 18.2 Å². The Bertz CT molecular complexity index is 1890. The van der Waals surface area contributed by atoms with E-state index in [9.17, 15) is 22.8 Å². The van der Waals surface area contributed by atoms with Gasteiger partial charge in [0.2, 0.25) is 0 Å². The van der Waals surface area contributed by atoms with E-state index in [0.717, 1.165) is 5.56 Å². The smallest absolute Gasteiger partial charge is 0.412 e. The summed E-state index contributed by atoms with van der Waals surface area (Å²) >= 11 is 0. The van der Waals surface area contributed by atoms with Gasteiger partial charge in [0, 0.05) is 11.8 Å². The Labute approximate surface area is 283 Å². The molecule has 0 aliphatic carbocycles. The first kappa shape index (κ1) is 36.0. The van der Waals surface area contributed by atoms with E-state index in [1.807, 2.05) is 20.8 Å². The van der Waals surface area contributed by atoms with Gasteiger partial charge < -0.3 is 29.4 Å². The molecule has 2 amide bonds. The average molecular weight is 693 g/mol. The van der Waals surface area contributed by atoms with Crippen LogP contribution in [0.2, 0.25) is 0 Å². The zero-order valence-electron chi connectivity index (χ0n) is 27.2. The van der Waals surface area contributed by atoms with Gasteiger partial charge >= 0.3 is 12.1 Å². The highest BCUT2D eigenvalue weighted by Crippen LogP contribution is 2.43. The number of nitrogens with zero attached hydrogens (tertiary/aromatic N) is 1. The third-order valence-electron chi connectivity index (χ3n) is 6.74. The Morgan fingerprint density at radius 3 is 2.20 bits per heavy atom. The van der Waals surface area contributed by atoms with E-state index in [2.05, 4.69) is 20.3 Å². The van der Waals surface area contributed by atoms with Crippen LogP contribution < -0.4 is 29.6 Å². The van der Waals surface area contributed by atoms with Crippen molar-refractivity contribution < 1.29 is 46.9 Å². The molecular weight excluding hydrogens is 656 g/mol. The number of carboxylic acid groups (broad SMARTS) is 1. The van der Waals surface area contributed by atoms with Gasteiger partial charge in [-0.1, -0.05) is 51.1 Å². The van der Waals surface area contributed by atoms with Gasteiger partial charge in [0.05, 0.1) is 17.7 Å². The van der Waals surface area contributed by atoms with Crippen LogP contribution in [-0.2, 0) is 25.0 Å². The summed E-state index contributed by atoms with van der Waals surface area (Å²) in [7, 11) is -2.86. The predicted octanol–water partition coefficient (Wildman–Crippen LogP) is 5.42. The zero-order chi connectivity index (χ0) is 35.6. The second kappa shape index (κ2) is 15.8. The number of aromatic nitrogens is 1. The number of sulfonamides is 1. The molecule has 1 aromatic heterocycles.